The van der Waals surface area contributed by atoms with Gasteiger partial charge in [0.25, 0.3) is 0 Å². The van der Waals surface area contributed by atoms with Crippen LogP contribution in [0.2, 0.25) is 0 Å². The molecular weight excluding hydrogens is 264 g/mol. The molecule has 0 aliphatic heterocycles. The number of rotatable bonds is 5. The van der Waals surface area contributed by atoms with Gasteiger partial charge in [-0.1, -0.05) is 30.3 Å². The standard InChI is InChI=1S/C16H16N4O/c17-15(21)13(10-11-4-2-1-3-5-11)19-14-7-6-12-8-9-18-16(12)20-14/h1-9,13H,10H2,(H2,17,21)(H2,18,19,20)/t13-/m0/s1. The average Bonchev–Trinajstić information content (AvgIpc) is 2.95. The highest BCUT2D eigenvalue weighted by Gasteiger charge is 2.16. The Morgan fingerprint density at radius 1 is 1.19 bits per heavy atom. The van der Waals surface area contributed by atoms with Gasteiger partial charge in [-0.25, -0.2) is 4.98 Å². The van der Waals surface area contributed by atoms with Crippen LogP contribution in [0, 0.1) is 0 Å². The van der Waals surface area contributed by atoms with Crippen LogP contribution >= 0.6 is 0 Å². The number of anilines is 1. The number of nitrogens with zero attached hydrogens (tertiary/aromatic N) is 1. The summed E-state index contributed by atoms with van der Waals surface area (Å²) >= 11 is 0. The number of nitrogens with two attached hydrogens (primary N) is 1. The van der Waals surface area contributed by atoms with E-state index < -0.39 is 11.9 Å². The largest absolute Gasteiger partial charge is 0.368 e. The van der Waals surface area contributed by atoms with Crippen molar-refractivity contribution < 1.29 is 4.79 Å². The summed E-state index contributed by atoms with van der Waals surface area (Å²) < 4.78 is 0. The van der Waals surface area contributed by atoms with E-state index in [1.54, 1.807) is 0 Å². The summed E-state index contributed by atoms with van der Waals surface area (Å²) in [6.07, 6.45) is 2.36. The molecule has 3 rings (SSSR count). The zero-order valence-corrected chi connectivity index (χ0v) is 11.4. The summed E-state index contributed by atoms with van der Waals surface area (Å²) in [4.78, 5) is 19.1. The Morgan fingerprint density at radius 3 is 2.76 bits per heavy atom. The van der Waals surface area contributed by atoms with Crippen LogP contribution in [-0.2, 0) is 11.2 Å². The van der Waals surface area contributed by atoms with Crippen molar-refractivity contribution in [1.29, 1.82) is 0 Å². The predicted molar refractivity (Wildman–Crippen MR) is 82.8 cm³/mol. The third-order valence-corrected chi connectivity index (χ3v) is 3.36. The Bertz CT molecular complexity index is 751. The van der Waals surface area contributed by atoms with Crippen LogP contribution in [0.3, 0.4) is 0 Å². The number of amides is 1. The number of carbonyl (C=O) groups is 1. The van der Waals surface area contributed by atoms with Crippen LogP contribution in [0.5, 0.6) is 0 Å². The lowest BCUT2D eigenvalue weighted by molar-refractivity contribution is -0.118. The number of H-pyrrole nitrogens is 1. The third kappa shape index (κ3) is 3.02. The van der Waals surface area contributed by atoms with Gasteiger partial charge in [-0.15, -0.1) is 0 Å². The monoisotopic (exact) mass is 280 g/mol. The second-order valence-electron chi connectivity index (χ2n) is 4.90. The van der Waals surface area contributed by atoms with Crippen LogP contribution in [0.4, 0.5) is 5.82 Å². The summed E-state index contributed by atoms with van der Waals surface area (Å²) in [5.41, 5.74) is 7.32. The van der Waals surface area contributed by atoms with Gasteiger partial charge >= 0.3 is 0 Å². The van der Waals surface area contributed by atoms with E-state index in [0.29, 0.717) is 12.2 Å². The minimum atomic E-state index is -0.493. The Morgan fingerprint density at radius 2 is 2.00 bits per heavy atom. The molecule has 0 spiro atoms. The number of hydrogen-bond donors (Lipinski definition) is 3. The first kappa shape index (κ1) is 13.2. The Hall–Kier alpha value is -2.82. The third-order valence-electron chi connectivity index (χ3n) is 3.36. The van der Waals surface area contributed by atoms with E-state index in [1.807, 2.05) is 54.7 Å². The van der Waals surface area contributed by atoms with E-state index in [-0.39, 0.29) is 0 Å². The SMILES string of the molecule is NC(=O)[C@H](Cc1ccccc1)Nc1ccc2cc[nH]c2n1. The van der Waals surface area contributed by atoms with E-state index >= 15 is 0 Å². The Labute approximate surface area is 122 Å². The molecule has 2 aromatic heterocycles. The van der Waals surface area contributed by atoms with Gasteiger partial charge < -0.3 is 16.0 Å². The van der Waals surface area contributed by atoms with Crippen molar-refractivity contribution in [1.82, 2.24) is 9.97 Å². The zero-order valence-electron chi connectivity index (χ0n) is 11.4. The van der Waals surface area contributed by atoms with Gasteiger partial charge in [0.1, 0.15) is 17.5 Å². The molecular formula is C16H16N4O. The molecule has 1 amide bonds. The molecule has 0 unspecified atom stereocenters. The summed E-state index contributed by atoms with van der Waals surface area (Å²) in [6.45, 7) is 0. The summed E-state index contributed by atoms with van der Waals surface area (Å²) in [5, 5.41) is 4.13. The average molecular weight is 280 g/mol. The topological polar surface area (TPSA) is 83.8 Å². The number of aromatic nitrogens is 2. The molecule has 0 radical (unpaired) electrons. The molecule has 0 bridgehead atoms. The fourth-order valence-electron chi connectivity index (χ4n) is 2.26. The quantitative estimate of drug-likeness (QED) is 0.669. The normalized spacial score (nSPS) is 12.2. The van der Waals surface area contributed by atoms with E-state index in [9.17, 15) is 4.79 Å². The molecule has 21 heavy (non-hydrogen) atoms. The van der Waals surface area contributed by atoms with E-state index in [2.05, 4.69) is 15.3 Å². The fraction of sp³-hybridized carbons (Fsp3) is 0.125. The van der Waals surface area contributed by atoms with Crippen molar-refractivity contribution in [3.8, 4) is 0 Å². The highest BCUT2D eigenvalue weighted by molar-refractivity contribution is 5.84. The zero-order chi connectivity index (χ0) is 14.7. The van der Waals surface area contributed by atoms with E-state index in [0.717, 1.165) is 16.6 Å². The van der Waals surface area contributed by atoms with Gasteiger partial charge in [0.05, 0.1) is 0 Å². The molecule has 106 valence electrons. The van der Waals surface area contributed by atoms with Gasteiger partial charge in [0.15, 0.2) is 0 Å². The maximum absolute atomic E-state index is 11.6. The first-order valence-electron chi connectivity index (χ1n) is 6.76. The van der Waals surface area contributed by atoms with Crippen LogP contribution in [0.1, 0.15) is 5.56 Å². The second-order valence-corrected chi connectivity index (χ2v) is 4.90. The molecule has 0 saturated carbocycles. The highest BCUT2D eigenvalue weighted by Crippen LogP contribution is 2.15. The number of primary amides is 1. The molecule has 2 heterocycles. The van der Waals surface area contributed by atoms with Crippen molar-refractivity contribution in [2.24, 2.45) is 5.73 Å². The number of fused-ring (bicyclic) bond motifs is 1. The van der Waals surface area contributed by atoms with E-state index in [4.69, 9.17) is 5.73 Å². The Balaban J connectivity index is 1.79. The van der Waals surface area contributed by atoms with Crippen molar-refractivity contribution in [3.05, 3.63) is 60.3 Å². The summed E-state index contributed by atoms with van der Waals surface area (Å²) in [6, 6.07) is 15.0. The maximum atomic E-state index is 11.6. The van der Waals surface area contributed by atoms with Crippen molar-refractivity contribution >= 4 is 22.8 Å². The number of aromatic amines is 1. The molecule has 3 aromatic rings. The molecule has 5 nitrogen and oxygen atoms in total. The molecule has 0 aliphatic rings. The molecule has 5 heteroatoms. The minimum absolute atomic E-state index is 0.396. The number of hydrogen-bond acceptors (Lipinski definition) is 3. The lowest BCUT2D eigenvalue weighted by Gasteiger charge is -2.16. The molecule has 0 aliphatic carbocycles. The first-order chi connectivity index (χ1) is 10.2. The van der Waals surface area contributed by atoms with Gasteiger partial charge in [-0.2, -0.15) is 0 Å². The number of pyridine rings is 1. The predicted octanol–water partition coefficient (Wildman–Crippen LogP) is 2.07. The van der Waals surface area contributed by atoms with Gasteiger partial charge in [0, 0.05) is 18.0 Å². The minimum Gasteiger partial charge on any atom is -0.368 e. The van der Waals surface area contributed by atoms with Crippen LogP contribution in [0.25, 0.3) is 11.0 Å². The fourth-order valence-corrected chi connectivity index (χ4v) is 2.26. The van der Waals surface area contributed by atoms with Gasteiger partial charge in [-0.05, 0) is 23.8 Å². The Kier molecular flexibility index (Phi) is 3.55. The smallest absolute Gasteiger partial charge is 0.240 e. The molecule has 1 aromatic carbocycles. The lowest BCUT2D eigenvalue weighted by Crippen LogP contribution is -2.37. The van der Waals surface area contributed by atoms with E-state index in [1.165, 1.54) is 0 Å². The number of benzene rings is 1. The first-order valence-corrected chi connectivity index (χ1v) is 6.76. The highest BCUT2D eigenvalue weighted by atomic mass is 16.1. The lowest BCUT2D eigenvalue weighted by atomic mass is 10.1. The molecule has 4 N–H and O–H groups in total. The number of carbonyl (C=O) groups excluding carboxylic acids is 1. The maximum Gasteiger partial charge on any atom is 0.240 e. The van der Waals surface area contributed by atoms with Gasteiger partial charge in [-0.3, -0.25) is 4.79 Å². The summed E-state index contributed by atoms with van der Waals surface area (Å²) in [7, 11) is 0. The summed E-state index contributed by atoms with van der Waals surface area (Å²) in [5.74, 6) is 0.233. The molecule has 0 saturated heterocycles. The molecule has 0 fully saturated rings. The van der Waals surface area contributed by atoms with Crippen LogP contribution in [-0.4, -0.2) is 21.9 Å². The van der Waals surface area contributed by atoms with Crippen LogP contribution < -0.4 is 11.1 Å². The van der Waals surface area contributed by atoms with Crippen LogP contribution in [0.15, 0.2) is 54.7 Å². The molecule has 1 atom stereocenters. The van der Waals surface area contributed by atoms with Gasteiger partial charge in [0.2, 0.25) is 5.91 Å². The van der Waals surface area contributed by atoms with Crippen molar-refractivity contribution in [3.63, 3.8) is 0 Å². The van der Waals surface area contributed by atoms with Crippen molar-refractivity contribution in [2.45, 2.75) is 12.5 Å². The number of nitrogens with one attached hydrogen (secondary N) is 2. The van der Waals surface area contributed by atoms with Crippen molar-refractivity contribution in [2.75, 3.05) is 5.32 Å². The second kappa shape index (κ2) is 5.66.